The van der Waals surface area contributed by atoms with Crippen LogP contribution in [0.2, 0.25) is 0 Å². The highest BCUT2D eigenvalue weighted by atomic mass is 19.1. The number of nitrogens with two attached hydrogens (primary N) is 1. The van der Waals surface area contributed by atoms with E-state index in [1.165, 1.54) is 6.07 Å². The normalized spacial score (nSPS) is 13.0. The van der Waals surface area contributed by atoms with Crippen LogP contribution in [0.4, 0.5) is 8.78 Å². The highest BCUT2D eigenvalue weighted by Gasteiger charge is 2.14. The molecule has 1 aromatic rings. The van der Waals surface area contributed by atoms with Crippen LogP contribution in [-0.4, -0.2) is 5.11 Å². The average Bonchev–Trinajstić information content (AvgIpc) is 2.00. The molecule has 0 radical (unpaired) electrons. The molecule has 66 valence electrons. The van der Waals surface area contributed by atoms with Crippen molar-refractivity contribution in [1.29, 1.82) is 0 Å². The second-order valence-corrected chi connectivity index (χ2v) is 2.59. The van der Waals surface area contributed by atoms with Crippen LogP contribution in [0, 0.1) is 11.6 Å². The number of halogens is 2. The van der Waals surface area contributed by atoms with Gasteiger partial charge in [0, 0.05) is 11.6 Å². The monoisotopic (exact) mass is 173 g/mol. The van der Waals surface area contributed by atoms with Gasteiger partial charge in [0.1, 0.15) is 0 Å². The Labute approximate surface area is 68.6 Å². The largest absolute Gasteiger partial charge is 0.503 e. The van der Waals surface area contributed by atoms with Crippen molar-refractivity contribution in [1.82, 2.24) is 0 Å². The van der Waals surface area contributed by atoms with Crippen LogP contribution in [0.1, 0.15) is 18.5 Å². The molecule has 0 saturated heterocycles. The SMILES string of the molecule is CC(N)c1ccc(F)c(O)c1F. The topological polar surface area (TPSA) is 46.2 Å². The van der Waals surface area contributed by atoms with Gasteiger partial charge < -0.3 is 10.8 Å². The van der Waals surface area contributed by atoms with Gasteiger partial charge in [-0.05, 0) is 13.0 Å². The molecule has 3 N–H and O–H groups in total. The summed E-state index contributed by atoms with van der Waals surface area (Å²) in [7, 11) is 0. The third-order valence-electron chi connectivity index (χ3n) is 1.59. The Balaban J connectivity index is 3.27. The molecule has 0 bridgehead atoms. The Hall–Kier alpha value is -1.16. The van der Waals surface area contributed by atoms with Crippen LogP contribution in [0.3, 0.4) is 0 Å². The maximum absolute atomic E-state index is 12.9. The highest BCUT2D eigenvalue weighted by Crippen LogP contribution is 2.25. The zero-order chi connectivity index (χ0) is 9.30. The summed E-state index contributed by atoms with van der Waals surface area (Å²) in [5, 5.41) is 8.83. The van der Waals surface area contributed by atoms with E-state index < -0.39 is 23.4 Å². The molecule has 0 saturated carbocycles. The van der Waals surface area contributed by atoms with Crippen molar-refractivity contribution in [2.24, 2.45) is 5.73 Å². The average molecular weight is 173 g/mol. The Morgan fingerprint density at radius 1 is 1.42 bits per heavy atom. The first-order valence-electron chi connectivity index (χ1n) is 3.46. The molecule has 0 aliphatic heterocycles. The van der Waals surface area contributed by atoms with E-state index in [1.54, 1.807) is 6.92 Å². The molecule has 2 nitrogen and oxygen atoms in total. The van der Waals surface area contributed by atoms with Crippen LogP contribution in [0.25, 0.3) is 0 Å². The van der Waals surface area contributed by atoms with Gasteiger partial charge in [-0.25, -0.2) is 8.78 Å². The summed E-state index contributed by atoms with van der Waals surface area (Å²) in [6.45, 7) is 1.55. The molecule has 4 heteroatoms. The minimum atomic E-state index is -0.981. The summed E-state index contributed by atoms with van der Waals surface area (Å²) in [5.41, 5.74) is 5.47. The zero-order valence-electron chi connectivity index (χ0n) is 6.51. The van der Waals surface area contributed by atoms with E-state index in [4.69, 9.17) is 10.8 Å². The first-order chi connectivity index (χ1) is 5.54. The molecule has 1 unspecified atom stereocenters. The van der Waals surface area contributed by atoms with Gasteiger partial charge in [-0.15, -0.1) is 0 Å². The van der Waals surface area contributed by atoms with E-state index >= 15 is 0 Å². The highest BCUT2D eigenvalue weighted by molar-refractivity contribution is 5.32. The lowest BCUT2D eigenvalue weighted by Crippen LogP contribution is -2.07. The molecule has 12 heavy (non-hydrogen) atoms. The second-order valence-electron chi connectivity index (χ2n) is 2.59. The van der Waals surface area contributed by atoms with Crippen LogP contribution >= 0.6 is 0 Å². The lowest BCUT2D eigenvalue weighted by molar-refractivity contribution is 0.391. The molecule has 0 aromatic heterocycles. The molecule has 1 aromatic carbocycles. The molecule has 1 rings (SSSR count). The van der Waals surface area contributed by atoms with E-state index in [2.05, 4.69) is 0 Å². The quantitative estimate of drug-likeness (QED) is 0.678. The predicted octanol–water partition coefficient (Wildman–Crippen LogP) is 1.69. The number of phenolic OH excluding ortho intramolecular Hbond substituents is 1. The van der Waals surface area contributed by atoms with Gasteiger partial charge in [0.25, 0.3) is 0 Å². The first kappa shape index (κ1) is 8.93. The molecule has 0 amide bonds. The maximum Gasteiger partial charge on any atom is 0.188 e. The molecule has 0 spiro atoms. The van der Waals surface area contributed by atoms with Crippen molar-refractivity contribution < 1.29 is 13.9 Å². The molecule has 0 aliphatic rings. The zero-order valence-corrected chi connectivity index (χ0v) is 6.51. The molecule has 1 atom stereocenters. The van der Waals surface area contributed by atoms with Crippen molar-refractivity contribution in [3.63, 3.8) is 0 Å². The lowest BCUT2D eigenvalue weighted by Gasteiger charge is -2.07. The van der Waals surface area contributed by atoms with Crippen molar-refractivity contribution in [2.75, 3.05) is 0 Å². The minimum absolute atomic E-state index is 0.105. The van der Waals surface area contributed by atoms with Gasteiger partial charge in [-0.2, -0.15) is 0 Å². The standard InChI is InChI=1S/C8H9F2NO/c1-4(11)5-2-3-6(9)8(12)7(5)10/h2-4,12H,11H2,1H3. The Morgan fingerprint density at radius 3 is 2.50 bits per heavy atom. The Morgan fingerprint density at radius 2 is 2.00 bits per heavy atom. The summed E-state index contributed by atoms with van der Waals surface area (Å²) < 4.78 is 25.4. The lowest BCUT2D eigenvalue weighted by atomic mass is 10.1. The number of hydrogen-bond donors (Lipinski definition) is 2. The van der Waals surface area contributed by atoms with Crippen molar-refractivity contribution in [3.8, 4) is 5.75 Å². The summed E-state index contributed by atoms with van der Waals surface area (Å²) in [6.07, 6.45) is 0. The molecular weight excluding hydrogens is 164 g/mol. The van der Waals surface area contributed by atoms with E-state index in [0.717, 1.165) is 6.07 Å². The van der Waals surface area contributed by atoms with Crippen LogP contribution in [0.5, 0.6) is 5.75 Å². The van der Waals surface area contributed by atoms with Crippen LogP contribution in [-0.2, 0) is 0 Å². The third-order valence-corrected chi connectivity index (χ3v) is 1.59. The fraction of sp³-hybridized carbons (Fsp3) is 0.250. The fourth-order valence-corrected chi connectivity index (χ4v) is 0.908. The van der Waals surface area contributed by atoms with Gasteiger partial charge in [-0.1, -0.05) is 6.07 Å². The van der Waals surface area contributed by atoms with Gasteiger partial charge in [-0.3, -0.25) is 0 Å². The fourth-order valence-electron chi connectivity index (χ4n) is 0.908. The minimum Gasteiger partial charge on any atom is -0.503 e. The van der Waals surface area contributed by atoms with Gasteiger partial charge in [0.2, 0.25) is 0 Å². The summed E-state index contributed by atoms with van der Waals surface area (Å²) in [5.74, 6) is -2.92. The van der Waals surface area contributed by atoms with Crippen LogP contribution < -0.4 is 5.73 Å². The van der Waals surface area contributed by atoms with E-state index in [0.29, 0.717) is 0 Å². The smallest absolute Gasteiger partial charge is 0.188 e. The van der Waals surface area contributed by atoms with Crippen LogP contribution in [0.15, 0.2) is 12.1 Å². The molecule has 0 heterocycles. The second kappa shape index (κ2) is 3.06. The Kier molecular flexibility index (Phi) is 2.28. The number of benzene rings is 1. The van der Waals surface area contributed by atoms with Crippen molar-refractivity contribution in [2.45, 2.75) is 13.0 Å². The van der Waals surface area contributed by atoms with Crippen molar-refractivity contribution >= 4 is 0 Å². The third kappa shape index (κ3) is 1.38. The van der Waals surface area contributed by atoms with E-state index in [9.17, 15) is 8.78 Å². The summed E-state index contributed by atoms with van der Waals surface area (Å²) >= 11 is 0. The number of phenols is 1. The maximum atomic E-state index is 12.9. The van der Waals surface area contributed by atoms with Gasteiger partial charge in [0.15, 0.2) is 17.4 Å². The Bertz CT molecular complexity index is 299. The summed E-state index contributed by atoms with van der Waals surface area (Å²) in [4.78, 5) is 0. The summed E-state index contributed by atoms with van der Waals surface area (Å²) in [6, 6.07) is 1.64. The molecule has 0 fully saturated rings. The number of hydrogen-bond acceptors (Lipinski definition) is 2. The van der Waals surface area contributed by atoms with Crippen molar-refractivity contribution in [3.05, 3.63) is 29.3 Å². The number of rotatable bonds is 1. The first-order valence-corrected chi connectivity index (χ1v) is 3.46. The van der Waals surface area contributed by atoms with E-state index in [-0.39, 0.29) is 5.56 Å². The number of aromatic hydroxyl groups is 1. The van der Waals surface area contributed by atoms with Gasteiger partial charge >= 0.3 is 0 Å². The van der Waals surface area contributed by atoms with E-state index in [1.807, 2.05) is 0 Å². The molecule has 0 aliphatic carbocycles. The van der Waals surface area contributed by atoms with Gasteiger partial charge in [0.05, 0.1) is 0 Å². The molecular formula is C8H9F2NO. The predicted molar refractivity (Wildman–Crippen MR) is 40.6 cm³/mol.